The van der Waals surface area contributed by atoms with Crippen molar-refractivity contribution in [1.82, 2.24) is 0 Å². The van der Waals surface area contributed by atoms with Crippen LogP contribution in [0.15, 0.2) is 28.7 Å². The highest BCUT2D eigenvalue weighted by Crippen LogP contribution is 2.41. The number of halogens is 3. The molecular formula is C13H10BrCl2NS. The summed E-state index contributed by atoms with van der Waals surface area (Å²) >= 11 is 17.4. The van der Waals surface area contributed by atoms with Crippen molar-refractivity contribution in [2.75, 3.05) is 5.32 Å². The van der Waals surface area contributed by atoms with Crippen LogP contribution in [0.5, 0.6) is 0 Å². The molecule has 1 unspecified atom stereocenters. The van der Waals surface area contributed by atoms with E-state index in [-0.39, 0.29) is 0 Å². The fourth-order valence-corrected chi connectivity index (χ4v) is 4.17. The van der Waals surface area contributed by atoms with Crippen LogP contribution in [-0.4, -0.2) is 0 Å². The van der Waals surface area contributed by atoms with Crippen molar-refractivity contribution in [3.8, 4) is 0 Å². The Labute approximate surface area is 128 Å². The van der Waals surface area contributed by atoms with E-state index < -0.39 is 0 Å². The molecule has 0 saturated carbocycles. The first kappa shape index (κ1) is 12.8. The predicted molar refractivity (Wildman–Crippen MR) is 83.2 cm³/mol. The first-order chi connectivity index (χ1) is 8.63. The molecule has 0 aliphatic heterocycles. The number of rotatable bonds is 2. The first-order valence-corrected chi connectivity index (χ1v) is 8.00. The lowest BCUT2D eigenvalue weighted by atomic mass is 10.1. The van der Waals surface area contributed by atoms with Gasteiger partial charge in [0.15, 0.2) is 0 Å². The van der Waals surface area contributed by atoms with E-state index in [9.17, 15) is 0 Å². The summed E-state index contributed by atoms with van der Waals surface area (Å²) in [5.41, 5.74) is 2.28. The number of hydrogen-bond acceptors (Lipinski definition) is 2. The van der Waals surface area contributed by atoms with Gasteiger partial charge in [0.2, 0.25) is 0 Å². The molecule has 1 aliphatic rings. The number of nitrogens with one attached hydrogen (secondary N) is 1. The number of fused-ring (bicyclic) bond motifs is 1. The smallest absolute Gasteiger partial charge is 0.0934 e. The summed E-state index contributed by atoms with van der Waals surface area (Å²) < 4.78 is 1.89. The third kappa shape index (κ3) is 2.42. The molecule has 0 radical (unpaired) electrons. The van der Waals surface area contributed by atoms with E-state index in [1.54, 1.807) is 11.3 Å². The standard InChI is InChI=1S/C13H10BrCl2NS/c14-7-1-2-9(15)11(5-7)17-10-3-4-12-8(10)6-13(16)18-12/h1-2,5-6,10,17H,3-4H2. The molecule has 0 amide bonds. The van der Waals surface area contributed by atoms with Crippen LogP contribution in [0.1, 0.15) is 22.9 Å². The number of benzene rings is 1. The Morgan fingerprint density at radius 2 is 2.11 bits per heavy atom. The monoisotopic (exact) mass is 361 g/mol. The zero-order valence-corrected chi connectivity index (χ0v) is 13.3. The van der Waals surface area contributed by atoms with E-state index in [0.29, 0.717) is 6.04 Å². The SMILES string of the molecule is Clc1cc2c(s1)CCC2Nc1cc(Br)ccc1Cl. The van der Waals surface area contributed by atoms with Crippen molar-refractivity contribution < 1.29 is 0 Å². The third-order valence-electron chi connectivity index (χ3n) is 3.11. The molecular weight excluding hydrogens is 353 g/mol. The summed E-state index contributed by atoms with van der Waals surface area (Å²) in [6.45, 7) is 0. The molecule has 1 N–H and O–H groups in total. The van der Waals surface area contributed by atoms with Gasteiger partial charge >= 0.3 is 0 Å². The minimum Gasteiger partial charge on any atom is -0.377 e. The summed E-state index contributed by atoms with van der Waals surface area (Å²) in [5, 5.41) is 4.25. The maximum atomic E-state index is 6.20. The highest BCUT2D eigenvalue weighted by molar-refractivity contribution is 9.10. The van der Waals surface area contributed by atoms with Gasteiger partial charge in [-0.2, -0.15) is 0 Å². The van der Waals surface area contributed by atoms with Crippen LogP contribution in [0.4, 0.5) is 5.69 Å². The minimum atomic E-state index is 0.315. The molecule has 0 bridgehead atoms. The third-order valence-corrected chi connectivity index (χ3v) is 5.27. The fourth-order valence-electron chi connectivity index (χ4n) is 2.28. The fraction of sp³-hybridized carbons (Fsp3) is 0.231. The Balaban J connectivity index is 1.88. The molecule has 5 heteroatoms. The van der Waals surface area contributed by atoms with E-state index in [1.807, 2.05) is 18.2 Å². The molecule has 0 spiro atoms. The molecule has 1 aromatic heterocycles. The van der Waals surface area contributed by atoms with E-state index in [1.165, 1.54) is 10.4 Å². The van der Waals surface area contributed by atoms with Crippen molar-refractivity contribution in [2.24, 2.45) is 0 Å². The van der Waals surface area contributed by atoms with Crippen LogP contribution >= 0.6 is 50.5 Å². The van der Waals surface area contributed by atoms with Crippen LogP contribution in [0.25, 0.3) is 0 Å². The molecule has 0 saturated heterocycles. The highest BCUT2D eigenvalue weighted by Gasteiger charge is 2.25. The van der Waals surface area contributed by atoms with Crippen molar-refractivity contribution >= 4 is 56.2 Å². The second-order valence-electron chi connectivity index (χ2n) is 4.29. The summed E-state index contributed by atoms with van der Waals surface area (Å²) in [6, 6.07) is 8.22. The number of anilines is 1. The second kappa shape index (κ2) is 5.04. The topological polar surface area (TPSA) is 12.0 Å². The van der Waals surface area contributed by atoms with E-state index >= 15 is 0 Å². The number of hydrogen-bond donors (Lipinski definition) is 1. The summed E-state index contributed by atoms with van der Waals surface area (Å²) in [6.07, 6.45) is 2.19. The lowest BCUT2D eigenvalue weighted by molar-refractivity contribution is 0.762. The van der Waals surface area contributed by atoms with Gasteiger partial charge in [0.05, 0.1) is 21.1 Å². The van der Waals surface area contributed by atoms with Crippen LogP contribution in [-0.2, 0) is 6.42 Å². The average Bonchev–Trinajstić information content (AvgIpc) is 2.84. The Hall–Kier alpha value is -0.220. The Bertz CT molecular complexity index is 597. The molecule has 3 rings (SSSR count). The largest absolute Gasteiger partial charge is 0.377 e. The average molecular weight is 363 g/mol. The van der Waals surface area contributed by atoms with Gasteiger partial charge in [0.1, 0.15) is 0 Å². The van der Waals surface area contributed by atoms with Crippen molar-refractivity contribution in [3.05, 3.63) is 48.5 Å². The van der Waals surface area contributed by atoms with Gasteiger partial charge in [0.25, 0.3) is 0 Å². The van der Waals surface area contributed by atoms with E-state index in [4.69, 9.17) is 23.2 Å². The minimum absolute atomic E-state index is 0.315. The maximum Gasteiger partial charge on any atom is 0.0934 e. The lowest BCUT2D eigenvalue weighted by Crippen LogP contribution is -2.06. The molecule has 1 nitrogen and oxygen atoms in total. The van der Waals surface area contributed by atoms with Gasteiger partial charge in [-0.15, -0.1) is 11.3 Å². The molecule has 2 aromatic rings. The van der Waals surface area contributed by atoms with Gasteiger partial charge < -0.3 is 5.32 Å². The van der Waals surface area contributed by atoms with Gasteiger partial charge in [0, 0.05) is 9.35 Å². The molecule has 1 aromatic carbocycles. The Kier molecular flexibility index (Phi) is 3.59. The van der Waals surface area contributed by atoms with E-state index in [2.05, 4.69) is 27.3 Å². The second-order valence-corrected chi connectivity index (χ2v) is 7.38. The molecule has 1 heterocycles. The summed E-state index contributed by atoms with van der Waals surface area (Å²) in [7, 11) is 0. The van der Waals surface area contributed by atoms with Crippen LogP contribution in [0.3, 0.4) is 0 Å². The quantitative estimate of drug-likeness (QED) is 0.699. The van der Waals surface area contributed by atoms with Gasteiger partial charge in [-0.1, -0.05) is 39.1 Å². The molecule has 1 aliphatic carbocycles. The summed E-state index contributed by atoms with van der Waals surface area (Å²) in [4.78, 5) is 1.39. The van der Waals surface area contributed by atoms with Gasteiger partial charge in [-0.3, -0.25) is 0 Å². The normalized spacial score (nSPS) is 17.8. The van der Waals surface area contributed by atoms with Crippen LogP contribution in [0.2, 0.25) is 9.36 Å². The van der Waals surface area contributed by atoms with Crippen LogP contribution < -0.4 is 5.32 Å². The Morgan fingerprint density at radius 1 is 1.28 bits per heavy atom. The molecule has 94 valence electrons. The highest BCUT2D eigenvalue weighted by atomic mass is 79.9. The number of thiophene rings is 1. The first-order valence-electron chi connectivity index (χ1n) is 5.63. The predicted octanol–water partition coefficient (Wildman–Crippen LogP) is 5.92. The van der Waals surface area contributed by atoms with Crippen molar-refractivity contribution in [2.45, 2.75) is 18.9 Å². The number of aryl methyl sites for hydroxylation is 1. The van der Waals surface area contributed by atoms with Crippen molar-refractivity contribution in [1.29, 1.82) is 0 Å². The lowest BCUT2D eigenvalue weighted by Gasteiger charge is -2.16. The molecule has 0 fully saturated rings. The van der Waals surface area contributed by atoms with E-state index in [0.717, 1.165) is 32.4 Å². The van der Waals surface area contributed by atoms with Gasteiger partial charge in [-0.05, 0) is 42.7 Å². The molecule has 18 heavy (non-hydrogen) atoms. The van der Waals surface area contributed by atoms with Gasteiger partial charge in [-0.25, -0.2) is 0 Å². The maximum absolute atomic E-state index is 6.20. The van der Waals surface area contributed by atoms with Crippen molar-refractivity contribution in [3.63, 3.8) is 0 Å². The zero-order valence-electron chi connectivity index (χ0n) is 9.34. The molecule has 1 atom stereocenters. The van der Waals surface area contributed by atoms with Crippen LogP contribution in [0, 0.1) is 0 Å². The summed E-state index contributed by atoms with van der Waals surface area (Å²) in [5.74, 6) is 0. The zero-order chi connectivity index (χ0) is 12.7. The Morgan fingerprint density at radius 3 is 2.94 bits per heavy atom.